The van der Waals surface area contributed by atoms with Crippen LogP contribution in [0.25, 0.3) is 0 Å². The van der Waals surface area contributed by atoms with Crippen LogP contribution in [0.4, 0.5) is 0 Å². The zero-order valence-electron chi connectivity index (χ0n) is 17.5. The van der Waals surface area contributed by atoms with Gasteiger partial charge in [0.1, 0.15) is 6.04 Å². The number of amides is 3. The van der Waals surface area contributed by atoms with Gasteiger partial charge in [-0.15, -0.1) is 0 Å². The highest BCUT2D eigenvalue weighted by atomic mass is 32.2. The minimum absolute atomic E-state index is 0.0682. The van der Waals surface area contributed by atoms with Gasteiger partial charge in [0.15, 0.2) is 0 Å². The molecule has 1 aliphatic heterocycles. The van der Waals surface area contributed by atoms with Crippen LogP contribution in [0.15, 0.2) is 0 Å². The molecular weight excluding hydrogens is 384 g/mol. The van der Waals surface area contributed by atoms with E-state index in [-0.39, 0.29) is 35.1 Å². The first-order valence-electron chi connectivity index (χ1n) is 11.7. The van der Waals surface area contributed by atoms with Crippen LogP contribution in [0.3, 0.4) is 0 Å². The molecule has 29 heavy (non-hydrogen) atoms. The molecule has 6 aliphatic rings. The average Bonchev–Trinajstić information content (AvgIpc) is 2.92. The van der Waals surface area contributed by atoms with Gasteiger partial charge in [-0.25, -0.2) is 0 Å². The smallest absolute Gasteiger partial charge is 0.243 e. The summed E-state index contributed by atoms with van der Waals surface area (Å²) in [6.07, 6.45) is 13.5. The van der Waals surface area contributed by atoms with Crippen molar-refractivity contribution in [2.45, 2.75) is 82.2 Å². The normalized spacial score (nSPS) is 41.6. The first kappa shape index (κ1) is 19.9. The van der Waals surface area contributed by atoms with Crippen LogP contribution in [0.5, 0.6) is 0 Å². The van der Waals surface area contributed by atoms with Crippen molar-refractivity contribution in [3.8, 4) is 0 Å². The van der Waals surface area contributed by atoms with Gasteiger partial charge >= 0.3 is 0 Å². The lowest BCUT2D eigenvalue weighted by atomic mass is 9.53. The van der Waals surface area contributed by atoms with E-state index >= 15 is 0 Å². The van der Waals surface area contributed by atoms with Gasteiger partial charge in [-0.3, -0.25) is 19.3 Å². The molecule has 160 valence electrons. The zero-order valence-corrected chi connectivity index (χ0v) is 18.3. The molecule has 5 aliphatic carbocycles. The molecule has 0 aromatic carbocycles. The molecule has 6 fully saturated rings. The van der Waals surface area contributed by atoms with Crippen LogP contribution in [0.2, 0.25) is 0 Å². The van der Waals surface area contributed by atoms with Gasteiger partial charge in [-0.2, -0.15) is 11.8 Å². The molecule has 1 saturated heterocycles. The van der Waals surface area contributed by atoms with Crippen molar-refractivity contribution in [1.82, 2.24) is 10.2 Å². The average molecular weight is 419 g/mol. The molecule has 0 aromatic heterocycles. The van der Waals surface area contributed by atoms with E-state index in [1.165, 1.54) is 24.2 Å². The van der Waals surface area contributed by atoms with Crippen molar-refractivity contribution in [1.29, 1.82) is 0 Å². The van der Waals surface area contributed by atoms with Gasteiger partial charge in [-0.1, -0.05) is 12.8 Å². The summed E-state index contributed by atoms with van der Waals surface area (Å²) in [5.74, 6) is 2.46. The molecule has 4 bridgehead atoms. The number of carbonyl (C=O) groups excluding carboxylic acids is 3. The van der Waals surface area contributed by atoms with Crippen LogP contribution in [0.1, 0.15) is 70.6 Å². The van der Waals surface area contributed by atoms with Crippen LogP contribution >= 0.6 is 11.8 Å². The summed E-state index contributed by atoms with van der Waals surface area (Å²) < 4.78 is 0. The summed E-state index contributed by atoms with van der Waals surface area (Å²) in [5, 5.41) is 3.44. The van der Waals surface area contributed by atoms with Crippen molar-refractivity contribution in [2.75, 3.05) is 12.0 Å². The predicted molar refractivity (Wildman–Crippen MR) is 113 cm³/mol. The molecule has 0 radical (unpaired) electrons. The summed E-state index contributed by atoms with van der Waals surface area (Å²) in [6, 6.07) is -0.624. The highest BCUT2D eigenvalue weighted by Crippen LogP contribution is 2.55. The Morgan fingerprint density at radius 2 is 1.55 bits per heavy atom. The number of carbonyl (C=O) groups is 3. The quantitative estimate of drug-likeness (QED) is 0.672. The molecule has 0 spiro atoms. The lowest BCUT2D eigenvalue weighted by Crippen LogP contribution is -2.63. The fraction of sp³-hybridized carbons (Fsp3) is 0.870. The number of fused-ring (bicyclic) bond motifs is 1. The predicted octanol–water partition coefficient (Wildman–Crippen LogP) is 3.37. The van der Waals surface area contributed by atoms with Gasteiger partial charge in [0, 0.05) is 5.54 Å². The van der Waals surface area contributed by atoms with Crippen molar-refractivity contribution in [2.24, 2.45) is 29.6 Å². The molecule has 3 unspecified atom stereocenters. The molecule has 1 heterocycles. The maximum atomic E-state index is 13.6. The summed E-state index contributed by atoms with van der Waals surface area (Å²) in [5.41, 5.74) is -0.0813. The SMILES string of the molecule is CSCCC(C(=O)NC12CC3CC(CC(C3)C1)C2)N1C(=O)C2CCCCC2C1=O. The van der Waals surface area contributed by atoms with E-state index < -0.39 is 6.04 Å². The van der Waals surface area contributed by atoms with Crippen LogP contribution in [0, 0.1) is 29.6 Å². The minimum Gasteiger partial charge on any atom is -0.349 e. The molecule has 0 aromatic rings. The Hall–Kier alpha value is -1.04. The summed E-state index contributed by atoms with van der Waals surface area (Å²) in [4.78, 5) is 41.2. The van der Waals surface area contributed by atoms with E-state index in [1.807, 2.05) is 6.26 Å². The van der Waals surface area contributed by atoms with E-state index in [4.69, 9.17) is 0 Å². The number of likely N-dealkylation sites (tertiary alicyclic amines) is 1. The van der Waals surface area contributed by atoms with E-state index in [1.54, 1.807) is 11.8 Å². The van der Waals surface area contributed by atoms with E-state index in [0.29, 0.717) is 6.42 Å². The molecule has 5 saturated carbocycles. The van der Waals surface area contributed by atoms with E-state index in [9.17, 15) is 14.4 Å². The number of imide groups is 1. The number of thioether (sulfide) groups is 1. The Morgan fingerprint density at radius 1 is 1.03 bits per heavy atom. The number of hydrogen-bond donors (Lipinski definition) is 1. The lowest BCUT2D eigenvalue weighted by molar-refractivity contribution is -0.149. The molecular formula is C23H34N2O3S. The van der Waals surface area contributed by atoms with Crippen LogP contribution < -0.4 is 5.32 Å². The van der Waals surface area contributed by atoms with Crippen molar-refractivity contribution >= 4 is 29.5 Å². The fourth-order valence-corrected chi connectivity index (χ4v) is 8.17. The zero-order chi connectivity index (χ0) is 20.2. The Bertz CT molecular complexity index is 649. The molecule has 3 amide bonds. The van der Waals surface area contributed by atoms with Crippen molar-refractivity contribution < 1.29 is 14.4 Å². The summed E-state index contributed by atoms with van der Waals surface area (Å²) in [6.45, 7) is 0. The maximum Gasteiger partial charge on any atom is 0.243 e. The molecule has 6 heteroatoms. The lowest BCUT2D eigenvalue weighted by Gasteiger charge is -2.57. The second-order valence-electron chi connectivity index (χ2n) is 10.5. The first-order chi connectivity index (χ1) is 14.0. The Balaban J connectivity index is 1.36. The number of hydrogen-bond acceptors (Lipinski definition) is 4. The van der Waals surface area contributed by atoms with E-state index in [0.717, 1.165) is 68.5 Å². The third-order valence-corrected chi connectivity index (χ3v) is 9.16. The first-order valence-corrected chi connectivity index (χ1v) is 13.1. The Morgan fingerprint density at radius 3 is 2.03 bits per heavy atom. The van der Waals surface area contributed by atoms with Crippen LogP contribution in [-0.4, -0.2) is 46.2 Å². The monoisotopic (exact) mass is 418 g/mol. The topological polar surface area (TPSA) is 66.5 Å². The molecule has 3 atom stereocenters. The number of nitrogens with one attached hydrogen (secondary N) is 1. The standard InChI is InChI=1S/C23H34N2O3S/c1-29-7-6-19(25-21(27)17-4-2-3-5-18(17)22(25)28)20(26)24-23-11-14-8-15(12-23)10-16(9-14)13-23/h14-19H,2-13H2,1H3,(H,24,26). The molecule has 5 nitrogen and oxygen atoms in total. The van der Waals surface area contributed by atoms with Gasteiger partial charge < -0.3 is 5.32 Å². The summed E-state index contributed by atoms with van der Waals surface area (Å²) >= 11 is 1.67. The second-order valence-corrected chi connectivity index (χ2v) is 11.5. The third kappa shape index (κ3) is 3.43. The highest BCUT2D eigenvalue weighted by Gasteiger charge is 2.55. The Kier molecular flexibility index (Phi) is 5.20. The van der Waals surface area contributed by atoms with Gasteiger partial charge in [0.25, 0.3) is 0 Å². The third-order valence-electron chi connectivity index (χ3n) is 8.51. The molecule has 1 N–H and O–H groups in total. The summed E-state index contributed by atoms with van der Waals surface area (Å²) in [7, 11) is 0. The fourth-order valence-electron chi connectivity index (χ4n) is 7.71. The maximum absolute atomic E-state index is 13.6. The number of nitrogens with zero attached hydrogens (tertiary/aromatic N) is 1. The largest absolute Gasteiger partial charge is 0.349 e. The van der Waals surface area contributed by atoms with Crippen molar-refractivity contribution in [3.05, 3.63) is 0 Å². The van der Waals surface area contributed by atoms with Crippen LogP contribution in [-0.2, 0) is 14.4 Å². The Labute approximate surface area is 178 Å². The van der Waals surface area contributed by atoms with E-state index in [2.05, 4.69) is 5.32 Å². The van der Waals surface area contributed by atoms with Gasteiger partial charge in [-0.05, 0) is 87.5 Å². The number of rotatable bonds is 6. The second kappa shape index (κ2) is 7.58. The van der Waals surface area contributed by atoms with Crippen molar-refractivity contribution in [3.63, 3.8) is 0 Å². The minimum atomic E-state index is -0.624. The highest BCUT2D eigenvalue weighted by molar-refractivity contribution is 7.98. The van der Waals surface area contributed by atoms with Gasteiger partial charge in [0.2, 0.25) is 17.7 Å². The molecule has 6 rings (SSSR count). The van der Waals surface area contributed by atoms with Gasteiger partial charge in [0.05, 0.1) is 11.8 Å².